The van der Waals surface area contributed by atoms with E-state index in [-0.39, 0.29) is 17.9 Å². The van der Waals surface area contributed by atoms with Gasteiger partial charge in [0.2, 0.25) is 0 Å². The zero-order chi connectivity index (χ0) is 19.9. The summed E-state index contributed by atoms with van der Waals surface area (Å²) in [4.78, 5) is 12.5. The Labute approximate surface area is 165 Å². The molecule has 0 spiro atoms. The molecular weight excluding hydrogens is 441 g/mol. The van der Waals surface area contributed by atoms with Crippen LogP contribution < -0.4 is 10.6 Å². The molecule has 2 aromatic heterocycles. The third-order valence-corrected chi connectivity index (χ3v) is 5.12. The predicted octanol–water partition coefficient (Wildman–Crippen LogP) is 5.15. The molecule has 0 bridgehead atoms. The van der Waals surface area contributed by atoms with Gasteiger partial charge in [0.15, 0.2) is 11.7 Å². The van der Waals surface area contributed by atoms with Crippen molar-refractivity contribution in [2.45, 2.75) is 24.7 Å². The van der Waals surface area contributed by atoms with E-state index in [4.69, 9.17) is 4.42 Å². The van der Waals surface area contributed by atoms with Crippen LogP contribution in [0, 0.1) is 0 Å². The lowest BCUT2D eigenvalue weighted by Gasteiger charge is -2.32. The molecule has 146 valence electrons. The number of anilines is 2. The highest BCUT2D eigenvalue weighted by atomic mass is 79.9. The zero-order valence-corrected chi connectivity index (χ0v) is 15.8. The van der Waals surface area contributed by atoms with Crippen molar-refractivity contribution in [2.75, 3.05) is 10.6 Å². The lowest BCUT2D eigenvalue weighted by Crippen LogP contribution is -2.35. The summed E-state index contributed by atoms with van der Waals surface area (Å²) in [5.41, 5.74) is 0.375. The summed E-state index contributed by atoms with van der Waals surface area (Å²) in [5, 5.41) is 9.52. The van der Waals surface area contributed by atoms with Gasteiger partial charge in [0.25, 0.3) is 5.91 Å². The molecule has 2 atom stereocenters. The Balaban J connectivity index is 1.65. The van der Waals surface area contributed by atoms with Crippen molar-refractivity contribution < 1.29 is 22.4 Å². The van der Waals surface area contributed by atoms with Gasteiger partial charge in [-0.25, -0.2) is 4.68 Å². The molecule has 0 fully saturated rings. The fourth-order valence-electron chi connectivity index (χ4n) is 3.11. The van der Waals surface area contributed by atoms with Gasteiger partial charge in [0.1, 0.15) is 11.6 Å². The van der Waals surface area contributed by atoms with Crippen LogP contribution in [-0.2, 0) is 0 Å². The van der Waals surface area contributed by atoms with Crippen molar-refractivity contribution >= 4 is 33.3 Å². The number of benzene rings is 1. The van der Waals surface area contributed by atoms with E-state index in [1.54, 1.807) is 36.4 Å². The number of rotatable bonds is 3. The second kappa shape index (κ2) is 7.01. The summed E-state index contributed by atoms with van der Waals surface area (Å²) in [5.74, 6) is -0.112. The molecule has 0 saturated carbocycles. The van der Waals surface area contributed by atoms with Gasteiger partial charge in [-0.15, -0.1) is 0 Å². The van der Waals surface area contributed by atoms with Gasteiger partial charge in [-0.3, -0.25) is 4.79 Å². The van der Waals surface area contributed by atoms with E-state index in [1.807, 2.05) is 0 Å². The second-order valence-electron chi connectivity index (χ2n) is 6.30. The first-order chi connectivity index (χ1) is 13.3. The zero-order valence-electron chi connectivity index (χ0n) is 14.2. The van der Waals surface area contributed by atoms with Crippen molar-refractivity contribution in [1.29, 1.82) is 0 Å². The molecule has 10 heteroatoms. The number of halogens is 4. The first kappa shape index (κ1) is 18.6. The van der Waals surface area contributed by atoms with Crippen molar-refractivity contribution in [3.63, 3.8) is 0 Å². The molecule has 0 radical (unpaired) electrons. The number of alkyl halides is 3. The van der Waals surface area contributed by atoms with Crippen LogP contribution in [0.1, 0.15) is 34.8 Å². The van der Waals surface area contributed by atoms with Gasteiger partial charge in [-0.05, 0) is 40.2 Å². The molecule has 1 amide bonds. The predicted molar refractivity (Wildman–Crippen MR) is 99.1 cm³/mol. The second-order valence-corrected chi connectivity index (χ2v) is 7.15. The largest absolute Gasteiger partial charge is 0.467 e. The van der Waals surface area contributed by atoms with Crippen molar-refractivity contribution in [2.24, 2.45) is 0 Å². The first-order valence-corrected chi connectivity index (χ1v) is 9.14. The maximum absolute atomic E-state index is 13.6. The fourth-order valence-corrected chi connectivity index (χ4v) is 3.49. The molecule has 6 nitrogen and oxygen atoms in total. The molecule has 0 saturated heterocycles. The van der Waals surface area contributed by atoms with Gasteiger partial charge < -0.3 is 15.1 Å². The van der Waals surface area contributed by atoms with E-state index in [9.17, 15) is 18.0 Å². The molecule has 1 aromatic carbocycles. The summed E-state index contributed by atoms with van der Waals surface area (Å²) >= 11 is 3.31. The standard InChI is InChI=1S/C18H14BrF3N4O2/c19-10-4-1-2-5-11(10)24-17(27)13-9-16-23-12(14-6-3-7-28-14)8-15(18(20,21)22)26(16)25-13/h1-7,9,12,15,23H,8H2,(H,24,27)/t12-,15-/m1/s1. The van der Waals surface area contributed by atoms with Crippen LogP contribution in [0.4, 0.5) is 24.7 Å². The van der Waals surface area contributed by atoms with E-state index in [2.05, 4.69) is 31.7 Å². The number of nitrogens with one attached hydrogen (secondary N) is 2. The number of hydrogen-bond acceptors (Lipinski definition) is 4. The molecule has 3 aromatic rings. The fraction of sp³-hybridized carbons (Fsp3) is 0.222. The first-order valence-electron chi connectivity index (χ1n) is 8.35. The molecule has 2 N–H and O–H groups in total. The number of para-hydroxylation sites is 1. The van der Waals surface area contributed by atoms with Crippen LogP contribution in [0.3, 0.4) is 0 Å². The van der Waals surface area contributed by atoms with E-state index >= 15 is 0 Å². The topological polar surface area (TPSA) is 72.1 Å². The van der Waals surface area contributed by atoms with Crippen molar-refractivity contribution in [1.82, 2.24) is 9.78 Å². The Morgan fingerprint density at radius 1 is 1.29 bits per heavy atom. The summed E-state index contributed by atoms with van der Waals surface area (Å²) in [6.07, 6.45) is -3.41. The Hall–Kier alpha value is -2.75. The monoisotopic (exact) mass is 454 g/mol. The van der Waals surface area contributed by atoms with Gasteiger partial charge >= 0.3 is 6.18 Å². The van der Waals surface area contributed by atoms with Crippen LogP contribution in [0.2, 0.25) is 0 Å². The molecule has 1 aliphatic rings. The average molecular weight is 455 g/mol. The van der Waals surface area contributed by atoms with Crippen molar-refractivity contribution in [3.05, 3.63) is 64.7 Å². The number of hydrogen-bond donors (Lipinski definition) is 2. The summed E-state index contributed by atoms with van der Waals surface area (Å²) in [6.45, 7) is 0. The quantitative estimate of drug-likeness (QED) is 0.573. The lowest BCUT2D eigenvalue weighted by molar-refractivity contribution is -0.174. The SMILES string of the molecule is O=C(Nc1ccccc1Br)c1cc2n(n1)[C@@H](C(F)(F)F)C[C@H](c1ccco1)N2. The molecular formula is C18H14BrF3N4O2. The number of nitrogens with zero attached hydrogens (tertiary/aromatic N) is 2. The number of carbonyl (C=O) groups excluding carboxylic acids is 1. The number of aromatic nitrogens is 2. The summed E-state index contributed by atoms with van der Waals surface area (Å²) in [7, 11) is 0. The number of furan rings is 1. The summed E-state index contributed by atoms with van der Waals surface area (Å²) in [6, 6.07) is 8.90. The Bertz CT molecular complexity index is 1000. The molecule has 3 heterocycles. The van der Waals surface area contributed by atoms with Crippen LogP contribution in [0.15, 0.2) is 57.6 Å². The highest BCUT2D eigenvalue weighted by Crippen LogP contribution is 2.43. The minimum absolute atomic E-state index is 0.104. The smallest absolute Gasteiger partial charge is 0.410 e. The van der Waals surface area contributed by atoms with Gasteiger partial charge in [0, 0.05) is 17.0 Å². The van der Waals surface area contributed by atoms with E-state index in [1.165, 1.54) is 12.3 Å². The molecule has 0 aliphatic carbocycles. The third kappa shape index (κ3) is 3.51. The van der Waals surface area contributed by atoms with E-state index in [0.29, 0.717) is 15.9 Å². The Morgan fingerprint density at radius 2 is 2.07 bits per heavy atom. The van der Waals surface area contributed by atoms with Gasteiger partial charge in [-0.2, -0.15) is 18.3 Å². The molecule has 28 heavy (non-hydrogen) atoms. The number of amides is 1. The summed E-state index contributed by atoms with van der Waals surface area (Å²) < 4.78 is 47.6. The van der Waals surface area contributed by atoms with Gasteiger partial charge in [-0.1, -0.05) is 12.1 Å². The van der Waals surface area contributed by atoms with Crippen LogP contribution in [0.5, 0.6) is 0 Å². The van der Waals surface area contributed by atoms with Crippen LogP contribution >= 0.6 is 15.9 Å². The average Bonchev–Trinajstić information content (AvgIpc) is 3.31. The molecule has 4 rings (SSSR count). The van der Waals surface area contributed by atoms with E-state index < -0.39 is 24.2 Å². The highest BCUT2D eigenvalue weighted by Gasteiger charge is 2.47. The minimum atomic E-state index is -4.52. The molecule has 0 unspecified atom stereocenters. The number of carbonyl (C=O) groups is 1. The minimum Gasteiger partial charge on any atom is -0.467 e. The third-order valence-electron chi connectivity index (χ3n) is 4.43. The van der Waals surface area contributed by atoms with Crippen LogP contribution in [-0.4, -0.2) is 21.9 Å². The maximum atomic E-state index is 13.6. The van der Waals surface area contributed by atoms with Crippen LogP contribution in [0.25, 0.3) is 0 Å². The van der Waals surface area contributed by atoms with Crippen molar-refractivity contribution in [3.8, 4) is 0 Å². The number of fused-ring (bicyclic) bond motifs is 1. The highest BCUT2D eigenvalue weighted by molar-refractivity contribution is 9.10. The van der Waals surface area contributed by atoms with Gasteiger partial charge in [0.05, 0.1) is 18.0 Å². The van der Waals surface area contributed by atoms with E-state index in [0.717, 1.165) is 4.68 Å². The maximum Gasteiger partial charge on any atom is 0.410 e. The Morgan fingerprint density at radius 3 is 2.75 bits per heavy atom. The lowest BCUT2D eigenvalue weighted by atomic mass is 10.0. The molecule has 1 aliphatic heterocycles. The normalized spacial score (nSPS) is 19.0. The Kier molecular flexibility index (Phi) is 4.66.